The first-order valence-electron chi connectivity index (χ1n) is 5.67. The van der Waals surface area contributed by atoms with E-state index in [1.807, 2.05) is 13.0 Å². The van der Waals surface area contributed by atoms with Crippen molar-refractivity contribution in [2.24, 2.45) is 0 Å². The van der Waals surface area contributed by atoms with E-state index in [1.54, 1.807) is 12.1 Å². The Balaban J connectivity index is 2.64. The van der Waals surface area contributed by atoms with Gasteiger partial charge in [-0.2, -0.15) is 0 Å². The molecule has 0 aromatic heterocycles. The summed E-state index contributed by atoms with van der Waals surface area (Å²) in [5.41, 5.74) is 1.45. The largest absolute Gasteiger partial charge is 0.469 e. The van der Waals surface area contributed by atoms with Gasteiger partial charge in [0.25, 0.3) is 0 Å². The molecule has 7 heteroatoms. The van der Waals surface area contributed by atoms with Gasteiger partial charge in [-0.1, -0.05) is 6.07 Å². The predicted molar refractivity (Wildman–Crippen MR) is 77.5 cm³/mol. The van der Waals surface area contributed by atoms with Crippen LogP contribution < -0.4 is 4.72 Å². The van der Waals surface area contributed by atoms with Gasteiger partial charge < -0.3 is 4.74 Å². The van der Waals surface area contributed by atoms with Gasteiger partial charge in [0, 0.05) is 10.9 Å². The average Bonchev–Trinajstić information content (AvgIpc) is 2.33. The van der Waals surface area contributed by atoms with Crippen LogP contribution >= 0.6 is 15.9 Å². The molecule has 5 nitrogen and oxygen atoms in total. The molecule has 0 amide bonds. The lowest BCUT2D eigenvalue weighted by atomic mass is 10.2. The van der Waals surface area contributed by atoms with Crippen LogP contribution in [0, 0.1) is 6.92 Å². The molecule has 0 bridgehead atoms. The van der Waals surface area contributed by atoms with Crippen LogP contribution in [0.2, 0.25) is 0 Å². The Morgan fingerprint density at radius 3 is 2.74 bits per heavy atom. The van der Waals surface area contributed by atoms with Gasteiger partial charge in [0.2, 0.25) is 10.0 Å². The molecule has 0 spiro atoms. The summed E-state index contributed by atoms with van der Waals surface area (Å²) in [6.45, 7) is 1.88. The molecular weight excluding hydrogens is 334 g/mol. The van der Waals surface area contributed by atoms with Crippen molar-refractivity contribution in [1.29, 1.82) is 0 Å². The van der Waals surface area contributed by atoms with E-state index in [-0.39, 0.29) is 18.6 Å². The zero-order chi connectivity index (χ0) is 14.5. The Kier molecular flexibility index (Phi) is 5.81. The van der Waals surface area contributed by atoms with Gasteiger partial charge in [0.1, 0.15) is 0 Å². The lowest BCUT2D eigenvalue weighted by Gasteiger charge is -2.10. The van der Waals surface area contributed by atoms with Gasteiger partial charge in [-0.25, -0.2) is 8.42 Å². The van der Waals surface area contributed by atoms with Gasteiger partial charge in [0.05, 0.1) is 18.6 Å². The molecule has 19 heavy (non-hydrogen) atoms. The second-order valence-corrected chi connectivity index (χ2v) is 6.78. The summed E-state index contributed by atoms with van der Waals surface area (Å²) in [5, 5.41) is 0. The fourth-order valence-corrected chi connectivity index (χ4v) is 3.05. The van der Waals surface area contributed by atoms with Crippen molar-refractivity contribution >= 4 is 37.6 Å². The molecule has 1 rings (SSSR count). The van der Waals surface area contributed by atoms with Crippen LogP contribution in [-0.4, -0.2) is 27.2 Å². The summed E-state index contributed by atoms with van der Waals surface area (Å²) in [4.78, 5) is 10.9. The van der Waals surface area contributed by atoms with Crippen LogP contribution in [0.1, 0.15) is 18.4 Å². The molecule has 1 aromatic rings. The highest BCUT2D eigenvalue weighted by atomic mass is 79.9. The maximum Gasteiger partial charge on any atom is 0.305 e. The number of methoxy groups -OCH3 is 1. The third-order valence-corrected chi connectivity index (χ3v) is 4.46. The minimum absolute atomic E-state index is 0.0897. The van der Waals surface area contributed by atoms with Gasteiger partial charge in [0.15, 0.2) is 0 Å². The molecule has 1 N–H and O–H groups in total. The Bertz CT molecular complexity index is 557. The van der Waals surface area contributed by atoms with E-state index in [0.29, 0.717) is 10.2 Å². The van der Waals surface area contributed by atoms with Crippen LogP contribution in [0.25, 0.3) is 0 Å². The summed E-state index contributed by atoms with van der Waals surface area (Å²) in [5.74, 6) is -0.533. The standard InChI is InChI=1S/C12H16BrNO4S/c1-9-5-6-10(13)11(8-9)14-19(16,17)7-3-4-12(15)18-2/h5-6,8,14H,3-4,7H2,1-2H3. The van der Waals surface area contributed by atoms with Crippen LogP contribution in [-0.2, 0) is 19.6 Å². The van der Waals surface area contributed by atoms with Crippen molar-refractivity contribution in [2.45, 2.75) is 19.8 Å². The van der Waals surface area contributed by atoms with Crippen molar-refractivity contribution in [3.8, 4) is 0 Å². The number of hydrogen-bond donors (Lipinski definition) is 1. The van der Waals surface area contributed by atoms with E-state index in [2.05, 4.69) is 25.4 Å². The molecule has 0 aliphatic rings. The lowest BCUT2D eigenvalue weighted by Crippen LogP contribution is -2.18. The molecule has 0 saturated heterocycles. The van der Waals surface area contributed by atoms with Crippen molar-refractivity contribution in [3.05, 3.63) is 28.2 Å². The minimum atomic E-state index is -3.47. The van der Waals surface area contributed by atoms with E-state index in [4.69, 9.17) is 0 Å². The fourth-order valence-electron chi connectivity index (χ4n) is 1.44. The monoisotopic (exact) mass is 349 g/mol. The van der Waals surface area contributed by atoms with Crippen LogP contribution in [0.15, 0.2) is 22.7 Å². The number of esters is 1. The molecule has 0 fully saturated rings. The molecule has 0 saturated carbocycles. The maximum absolute atomic E-state index is 11.8. The van der Waals surface area contributed by atoms with Crippen molar-refractivity contribution < 1.29 is 17.9 Å². The van der Waals surface area contributed by atoms with E-state index in [9.17, 15) is 13.2 Å². The quantitative estimate of drug-likeness (QED) is 0.800. The number of carbonyl (C=O) groups is 1. The molecule has 0 unspecified atom stereocenters. The van der Waals surface area contributed by atoms with E-state index < -0.39 is 16.0 Å². The smallest absolute Gasteiger partial charge is 0.305 e. The van der Waals surface area contributed by atoms with E-state index >= 15 is 0 Å². The highest BCUT2D eigenvalue weighted by Gasteiger charge is 2.13. The number of aryl methyl sites for hydroxylation is 1. The second-order valence-electron chi connectivity index (χ2n) is 4.08. The third kappa shape index (κ3) is 5.61. The predicted octanol–water partition coefficient (Wildman–Crippen LogP) is 2.45. The fraction of sp³-hybridized carbons (Fsp3) is 0.417. The lowest BCUT2D eigenvalue weighted by molar-refractivity contribution is -0.140. The summed E-state index contributed by atoms with van der Waals surface area (Å²) in [6, 6.07) is 5.39. The van der Waals surface area contributed by atoms with Crippen molar-refractivity contribution in [2.75, 3.05) is 17.6 Å². The Hall–Kier alpha value is -1.08. The molecule has 0 atom stereocenters. The Morgan fingerprint density at radius 1 is 1.42 bits per heavy atom. The number of anilines is 1. The van der Waals surface area contributed by atoms with Gasteiger partial charge in [-0.05, 0) is 47.0 Å². The molecular formula is C12H16BrNO4S. The first kappa shape index (κ1) is 16.0. The van der Waals surface area contributed by atoms with Crippen molar-refractivity contribution in [1.82, 2.24) is 0 Å². The number of halogens is 1. The number of benzene rings is 1. The normalized spacial score (nSPS) is 11.1. The highest BCUT2D eigenvalue weighted by Crippen LogP contribution is 2.24. The average molecular weight is 350 g/mol. The summed E-state index contributed by atoms with van der Waals surface area (Å²) >= 11 is 3.28. The number of nitrogens with one attached hydrogen (secondary N) is 1. The first-order valence-corrected chi connectivity index (χ1v) is 8.12. The number of sulfonamides is 1. The second kappa shape index (κ2) is 6.91. The van der Waals surface area contributed by atoms with E-state index in [0.717, 1.165) is 5.56 Å². The molecule has 1 aromatic carbocycles. The summed E-state index contributed by atoms with van der Waals surface area (Å²) < 4.78 is 31.3. The van der Waals surface area contributed by atoms with Crippen LogP contribution in [0.4, 0.5) is 5.69 Å². The Morgan fingerprint density at radius 2 is 2.11 bits per heavy atom. The molecule has 106 valence electrons. The summed E-state index contributed by atoms with van der Waals surface area (Å²) in [7, 11) is -2.19. The minimum Gasteiger partial charge on any atom is -0.469 e. The summed E-state index contributed by atoms with van der Waals surface area (Å²) in [6.07, 6.45) is 0.317. The number of hydrogen-bond acceptors (Lipinski definition) is 4. The first-order chi connectivity index (χ1) is 8.84. The van der Waals surface area contributed by atoms with Crippen LogP contribution in [0.3, 0.4) is 0 Å². The molecule has 0 aliphatic carbocycles. The van der Waals surface area contributed by atoms with Crippen LogP contribution in [0.5, 0.6) is 0 Å². The van der Waals surface area contributed by atoms with Gasteiger partial charge in [-0.3, -0.25) is 9.52 Å². The topological polar surface area (TPSA) is 72.5 Å². The maximum atomic E-state index is 11.8. The zero-order valence-corrected chi connectivity index (χ0v) is 13.2. The SMILES string of the molecule is COC(=O)CCCS(=O)(=O)Nc1cc(C)ccc1Br. The van der Waals surface area contributed by atoms with Gasteiger partial charge >= 0.3 is 5.97 Å². The third-order valence-electron chi connectivity index (χ3n) is 2.41. The number of carbonyl (C=O) groups excluding carboxylic acids is 1. The van der Waals surface area contributed by atoms with Crippen molar-refractivity contribution in [3.63, 3.8) is 0 Å². The van der Waals surface area contributed by atoms with Gasteiger partial charge in [-0.15, -0.1) is 0 Å². The molecule has 0 heterocycles. The zero-order valence-electron chi connectivity index (χ0n) is 10.8. The van der Waals surface area contributed by atoms with E-state index in [1.165, 1.54) is 7.11 Å². The number of rotatable bonds is 6. The Labute approximate surface area is 121 Å². The molecule has 0 aliphatic heterocycles. The number of ether oxygens (including phenoxy) is 1. The molecule has 0 radical (unpaired) electrons. The highest BCUT2D eigenvalue weighted by molar-refractivity contribution is 9.10.